The van der Waals surface area contributed by atoms with E-state index in [0.717, 1.165) is 30.1 Å². The van der Waals surface area contributed by atoms with Crippen molar-refractivity contribution in [1.29, 1.82) is 0 Å². The Balaban J connectivity index is 1.66. The molecule has 0 bridgehead atoms. The Hall–Kier alpha value is -1.90. The van der Waals surface area contributed by atoms with Gasteiger partial charge in [-0.25, -0.2) is 13.1 Å². The van der Waals surface area contributed by atoms with Crippen molar-refractivity contribution in [1.82, 2.24) is 19.6 Å². The van der Waals surface area contributed by atoms with Gasteiger partial charge in [-0.15, -0.1) is 0 Å². The third-order valence-electron chi connectivity index (χ3n) is 5.48. The van der Waals surface area contributed by atoms with Gasteiger partial charge in [0.15, 0.2) is 9.84 Å². The van der Waals surface area contributed by atoms with Crippen LogP contribution in [0.3, 0.4) is 0 Å². The number of piperazine rings is 1. The number of sulfone groups is 1. The van der Waals surface area contributed by atoms with Gasteiger partial charge in [0, 0.05) is 44.1 Å². The molecule has 2 aliphatic heterocycles. The number of hydrogen-bond donors (Lipinski definition) is 0. The van der Waals surface area contributed by atoms with Crippen molar-refractivity contribution in [2.45, 2.75) is 18.6 Å². The van der Waals surface area contributed by atoms with Gasteiger partial charge < -0.3 is 4.74 Å². The average Bonchev–Trinajstić information content (AvgIpc) is 3.25. The molecule has 0 unspecified atom stereocenters. The molecule has 0 spiro atoms. The number of aromatic nitrogens is 2. The van der Waals surface area contributed by atoms with Crippen LogP contribution in [0.25, 0.3) is 5.69 Å². The predicted molar refractivity (Wildman–Crippen MR) is 99.4 cm³/mol. The summed E-state index contributed by atoms with van der Waals surface area (Å²) >= 11 is 0. The first kappa shape index (κ1) is 17.5. The van der Waals surface area contributed by atoms with Crippen LogP contribution in [-0.4, -0.2) is 78.8 Å². The molecule has 0 aliphatic carbocycles. The topological polar surface area (TPSA) is 67.7 Å². The van der Waals surface area contributed by atoms with E-state index in [4.69, 9.17) is 4.74 Å². The summed E-state index contributed by atoms with van der Waals surface area (Å²) in [7, 11) is 0.701. The molecular formula is C18H24N4O3S. The summed E-state index contributed by atoms with van der Waals surface area (Å²) in [6.07, 6.45) is 3.67. The lowest BCUT2D eigenvalue weighted by atomic mass is 10.0. The number of hydrogen-bond acceptors (Lipinski definition) is 6. The third-order valence-corrected chi connectivity index (χ3v) is 7.18. The predicted octanol–water partition coefficient (Wildman–Crippen LogP) is 0.794. The number of fused-ring (bicyclic) bond motifs is 1. The molecule has 140 valence electrons. The second kappa shape index (κ2) is 6.68. The monoisotopic (exact) mass is 376 g/mol. The molecule has 0 radical (unpaired) electrons. The van der Waals surface area contributed by atoms with E-state index < -0.39 is 9.84 Å². The molecule has 8 heteroatoms. The number of likely N-dealkylation sites (N-methyl/N-ethyl adjacent to an activating group) is 1. The highest BCUT2D eigenvalue weighted by Crippen LogP contribution is 2.29. The van der Waals surface area contributed by atoms with E-state index in [-0.39, 0.29) is 23.6 Å². The summed E-state index contributed by atoms with van der Waals surface area (Å²) in [6.45, 7) is 2.40. The molecule has 0 amide bonds. The van der Waals surface area contributed by atoms with E-state index in [0.29, 0.717) is 6.54 Å². The molecule has 0 N–H and O–H groups in total. The first-order chi connectivity index (χ1) is 12.5. The maximum atomic E-state index is 12.2. The lowest BCUT2D eigenvalue weighted by molar-refractivity contribution is 0.0572. The second-order valence-corrected chi connectivity index (χ2v) is 9.26. The Morgan fingerprint density at radius 3 is 2.77 bits per heavy atom. The van der Waals surface area contributed by atoms with Crippen LogP contribution in [0.15, 0.2) is 36.7 Å². The highest BCUT2D eigenvalue weighted by molar-refractivity contribution is 7.91. The highest BCUT2D eigenvalue weighted by Gasteiger charge is 2.45. The maximum Gasteiger partial charge on any atom is 0.153 e. The minimum Gasteiger partial charge on any atom is -0.497 e. The Morgan fingerprint density at radius 2 is 2.04 bits per heavy atom. The largest absolute Gasteiger partial charge is 0.497 e. The number of ether oxygens (including phenoxy) is 1. The summed E-state index contributed by atoms with van der Waals surface area (Å²) in [4.78, 5) is 4.49. The quantitative estimate of drug-likeness (QED) is 0.786. The molecule has 26 heavy (non-hydrogen) atoms. The fourth-order valence-corrected chi connectivity index (χ4v) is 6.15. The highest BCUT2D eigenvalue weighted by atomic mass is 32.2. The number of rotatable bonds is 4. The van der Waals surface area contributed by atoms with Crippen molar-refractivity contribution < 1.29 is 13.2 Å². The van der Waals surface area contributed by atoms with Crippen LogP contribution in [-0.2, 0) is 16.4 Å². The smallest absolute Gasteiger partial charge is 0.153 e. The zero-order valence-electron chi connectivity index (χ0n) is 15.1. The maximum absolute atomic E-state index is 12.2. The van der Waals surface area contributed by atoms with E-state index in [9.17, 15) is 8.42 Å². The van der Waals surface area contributed by atoms with Crippen LogP contribution in [0, 0.1) is 0 Å². The lowest BCUT2D eigenvalue weighted by Crippen LogP contribution is -2.57. The average molecular weight is 376 g/mol. The molecule has 2 saturated heterocycles. The van der Waals surface area contributed by atoms with Crippen molar-refractivity contribution in [3.05, 3.63) is 42.2 Å². The SMILES string of the molecule is COc1ccc(-n2cccn2)c(CN2CCN(C)[C@@H]3CS(=O)(=O)C[C@@H]32)c1. The van der Waals surface area contributed by atoms with Gasteiger partial charge in [0.2, 0.25) is 0 Å². The molecular weight excluding hydrogens is 352 g/mol. The molecule has 7 nitrogen and oxygen atoms in total. The van der Waals surface area contributed by atoms with E-state index in [2.05, 4.69) is 14.9 Å². The van der Waals surface area contributed by atoms with E-state index in [1.807, 2.05) is 42.2 Å². The van der Waals surface area contributed by atoms with Gasteiger partial charge in [-0.2, -0.15) is 5.10 Å². The van der Waals surface area contributed by atoms with Crippen molar-refractivity contribution in [2.24, 2.45) is 0 Å². The molecule has 3 heterocycles. The molecule has 2 fully saturated rings. The molecule has 1 aromatic heterocycles. The van der Waals surface area contributed by atoms with Gasteiger partial charge in [0.05, 0.1) is 24.3 Å². The van der Waals surface area contributed by atoms with Crippen LogP contribution in [0.2, 0.25) is 0 Å². The second-order valence-electron chi connectivity index (χ2n) is 7.11. The van der Waals surface area contributed by atoms with Crippen molar-refractivity contribution in [3.63, 3.8) is 0 Å². The van der Waals surface area contributed by atoms with Crippen molar-refractivity contribution in [2.75, 3.05) is 38.8 Å². The minimum atomic E-state index is -2.98. The third kappa shape index (κ3) is 3.24. The Bertz CT molecular complexity index is 882. The van der Waals surface area contributed by atoms with Crippen molar-refractivity contribution >= 4 is 9.84 Å². The number of nitrogens with zero attached hydrogens (tertiary/aromatic N) is 4. The van der Waals surface area contributed by atoms with Crippen LogP contribution >= 0.6 is 0 Å². The fraction of sp³-hybridized carbons (Fsp3) is 0.500. The van der Waals surface area contributed by atoms with E-state index in [1.165, 1.54) is 0 Å². The zero-order chi connectivity index (χ0) is 18.3. The molecule has 2 aromatic rings. The Kier molecular flexibility index (Phi) is 4.50. The van der Waals surface area contributed by atoms with E-state index in [1.54, 1.807) is 13.3 Å². The van der Waals surface area contributed by atoms with Crippen LogP contribution in [0.1, 0.15) is 5.56 Å². The summed E-state index contributed by atoms with van der Waals surface area (Å²) in [6, 6.07) is 7.95. The number of benzene rings is 1. The summed E-state index contributed by atoms with van der Waals surface area (Å²) < 4.78 is 31.7. The van der Waals surface area contributed by atoms with Gasteiger partial charge in [-0.1, -0.05) is 0 Å². The summed E-state index contributed by atoms with van der Waals surface area (Å²) in [5.41, 5.74) is 2.08. The normalized spacial score (nSPS) is 25.9. The Labute approximate surface area is 154 Å². The van der Waals surface area contributed by atoms with Crippen LogP contribution < -0.4 is 4.74 Å². The first-order valence-corrected chi connectivity index (χ1v) is 10.6. The summed E-state index contributed by atoms with van der Waals surface area (Å²) in [5, 5.41) is 4.35. The van der Waals surface area contributed by atoms with Crippen LogP contribution in [0.5, 0.6) is 5.75 Å². The van der Waals surface area contributed by atoms with Gasteiger partial charge in [0.1, 0.15) is 5.75 Å². The van der Waals surface area contributed by atoms with E-state index >= 15 is 0 Å². The molecule has 2 atom stereocenters. The van der Waals surface area contributed by atoms with Gasteiger partial charge >= 0.3 is 0 Å². The van der Waals surface area contributed by atoms with Gasteiger partial charge in [0.25, 0.3) is 0 Å². The fourth-order valence-electron chi connectivity index (χ4n) is 4.06. The molecule has 2 aliphatic rings. The Morgan fingerprint density at radius 1 is 1.23 bits per heavy atom. The summed E-state index contributed by atoms with van der Waals surface area (Å²) in [5.74, 6) is 1.29. The lowest BCUT2D eigenvalue weighted by Gasteiger charge is -2.42. The number of methoxy groups -OCH3 is 1. The zero-order valence-corrected chi connectivity index (χ0v) is 15.9. The molecule has 4 rings (SSSR count). The first-order valence-electron chi connectivity index (χ1n) is 8.78. The van der Waals surface area contributed by atoms with Crippen LogP contribution in [0.4, 0.5) is 0 Å². The standard InChI is InChI=1S/C18H24N4O3S/c1-20-8-9-21(18-13-26(23,24)12-17(18)20)11-14-10-15(25-2)4-5-16(14)22-7-3-6-19-22/h3-7,10,17-18H,8-9,11-13H2,1-2H3/t17-,18+/m1/s1. The van der Waals surface area contributed by atoms with Gasteiger partial charge in [-0.3, -0.25) is 9.80 Å². The van der Waals surface area contributed by atoms with Crippen molar-refractivity contribution in [3.8, 4) is 11.4 Å². The minimum absolute atomic E-state index is 0.0374. The molecule has 0 saturated carbocycles. The molecule has 1 aromatic carbocycles. The van der Waals surface area contributed by atoms with Gasteiger partial charge in [-0.05, 0) is 36.9 Å².